The molecule has 0 aliphatic rings. The van der Waals surface area contributed by atoms with Crippen molar-refractivity contribution < 1.29 is 14.5 Å². The van der Waals surface area contributed by atoms with E-state index < -0.39 is 10.9 Å². The lowest BCUT2D eigenvalue weighted by atomic mass is 10.1. The summed E-state index contributed by atoms with van der Waals surface area (Å²) >= 11 is 0. The summed E-state index contributed by atoms with van der Waals surface area (Å²) < 4.78 is 6.66. The van der Waals surface area contributed by atoms with Crippen LogP contribution in [0.2, 0.25) is 0 Å². The Hall–Kier alpha value is -3.48. The average molecular weight is 337 g/mol. The first-order valence-electron chi connectivity index (χ1n) is 7.67. The Morgan fingerprint density at radius 3 is 2.44 bits per heavy atom. The molecule has 1 heterocycles. The lowest BCUT2D eigenvalue weighted by Gasteiger charge is -2.02. The molecule has 1 aromatic heterocycles. The number of carbonyl (C=O) groups excluding carboxylic acids is 1. The summed E-state index contributed by atoms with van der Waals surface area (Å²) in [5, 5.41) is 15.2. The molecule has 0 amide bonds. The number of carbonyl (C=O) groups is 1. The van der Waals surface area contributed by atoms with Gasteiger partial charge < -0.3 is 4.74 Å². The van der Waals surface area contributed by atoms with E-state index in [0.717, 1.165) is 5.69 Å². The van der Waals surface area contributed by atoms with E-state index in [-0.39, 0.29) is 18.0 Å². The SMILES string of the molecule is CCOC(=O)c1nn(-c2ccccc2)cc1-c1ccc([N+](=O)[O-])cc1. The van der Waals surface area contributed by atoms with Gasteiger partial charge in [-0.25, -0.2) is 9.48 Å². The van der Waals surface area contributed by atoms with Crippen LogP contribution >= 0.6 is 0 Å². The minimum absolute atomic E-state index is 0.0168. The average Bonchev–Trinajstić information content (AvgIpc) is 3.08. The lowest BCUT2D eigenvalue weighted by Crippen LogP contribution is -2.07. The lowest BCUT2D eigenvalue weighted by molar-refractivity contribution is -0.384. The summed E-state index contributed by atoms with van der Waals surface area (Å²) in [7, 11) is 0. The first-order valence-corrected chi connectivity index (χ1v) is 7.67. The minimum Gasteiger partial charge on any atom is -0.461 e. The Balaban J connectivity index is 2.08. The fraction of sp³-hybridized carbons (Fsp3) is 0.111. The van der Waals surface area contributed by atoms with Crippen molar-refractivity contribution in [3.05, 3.63) is 76.6 Å². The van der Waals surface area contributed by atoms with Crippen LogP contribution in [0.5, 0.6) is 0 Å². The number of aromatic nitrogens is 2. The number of nitro benzene ring substituents is 1. The minimum atomic E-state index is -0.537. The van der Waals surface area contributed by atoms with Gasteiger partial charge in [-0.3, -0.25) is 10.1 Å². The largest absolute Gasteiger partial charge is 0.461 e. The van der Waals surface area contributed by atoms with E-state index in [4.69, 9.17) is 4.74 Å². The second kappa shape index (κ2) is 6.96. The zero-order valence-corrected chi connectivity index (χ0v) is 13.5. The molecule has 126 valence electrons. The maximum atomic E-state index is 12.3. The molecule has 0 saturated carbocycles. The van der Waals surface area contributed by atoms with Crippen molar-refractivity contribution in [1.82, 2.24) is 9.78 Å². The standard InChI is InChI=1S/C18H15N3O4/c1-2-25-18(22)17-16(13-8-10-15(11-9-13)21(23)24)12-20(19-17)14-6-4-3-5-7-14/h3-12H,2H2,1H3. The number of benzene rings is 2. The van der Waals surface area contributed by atoms with Crippen LogP contribution in [0.3, 0.4) is 0 Å². The molecule has 0 bridgehead atoms. The first-order chi connectivity index (χ1) is 12.1. The molecule has 0 saturated heterocycles. The van der Waals surface area contributed by atoms with Gasteiger partial charge in [0.1, 0.15) is 0 Å². The molecule has 3 aromatic rings. The molecule has 0 spiro atoms. The van der Waals surface area contributed by atoms with E-state index in [1.54, 1.807) is 29.9 Å². The van der Waals surface area contributed by atoms with Crippen molar-refractivity contribution in [3.63, 3.8) is 0 Å². The molecule has 25 heavy (non-hydrogen) atoms. The Labute approximate surface area is 143 Å². The molecule has 0 atom stereocenters. The Kier molecular flexibility index (Phi) is 4.56. The smallest absolute Gasteiger partial charge is 0.359 e. The maximum absolute atomic E-state index is 12.3. The molecule has 0 fully saturated rings. The predicted octanol–water partition coefficient (Wildman–Crippen LogP) is 3.62. The highest BCUT2D eigenvalue weighted by Gasteiger charge is 2.20. The van der Waals surface area contributed by atoms with Gasteiger partial charge in [0, 0.05) is 23.9 Å². The monoisotopic (exact) mass is 337 g/mol. The molecule has 0 aliphatic heterocycles. The molecule has 0 N–H and O–H groups in total. The van der Waals surface area contributed by atoms with Crippen molar-refractivity contribution in [2.45, 2.75) is 6.92 Å². The highest BCUT2D eigenvalue weighted by molar-refractivity contribution is 5.95. The normalized spacial score (nSPS) is 10.4. The summed E-state index contributed by atoms with van der Waals surface area (Å²) in [6, 6.07) is 15.3. The molecule has 2 aromatic carbocycles. The van der Waals surface area contributed by atoms with Crippen LogP contribution < -0.4 is 0 Å². The van der Waals surface area contributed by atoms with Crippen molar-refractivity contribution in [2.75, 3.05) is 6.61 Å². The number of nitro groups is 1. The highest BCUT2D eigenvalue weighted by atomic mass is 16.6. The summed E-state index contributed by atoms with van der Waals surface area (Å²) in [5.74, 6) is -0.537. The molecular weight excluding hydrogens is 322 g/mol. The Morgan fingerprint density at radius 1 is 1.16 bits per heavy atom. The second-order valence-electron chi connectivity index (χ2n) is 5.20. The number of hydrogen-bond acceptors (Lipinski definition) is 5. The van der Waals surface area contributed by atoms with Gasteiger partial charge in [0.25, 0.3) is 5.69 Å². The maximum Gasteiger partial charge on any atom is 0.359 e. The molecule has 0 unspecified atom stereocenters. The van der Waals surface area contributed by atoms with E-state index in [1.807, 2.05) is 30.3 Å². The fourth-order valence-corrected chi connectivity index (χ4v) is 2.41. The van der Waals surface area contributed by atoms with E-state index >= 15 is 0 Å². The van der Waals surface area contributed by atoms with E-state index in [2.05, 4.69) is 5.10 Å². The third-order valence-electron chi connectivity index (χ3n) is 3.59. The number of non-ortho nitro benzene ring substituents is 1. The topological polar surface area (TPSA) is 87.3 Å². The molecule has 0 aliphatic carbocycles. The zero-order chi connectivity index (χ0) is 17.8. The van der Waals surface area contributed by atoms with Crippen molar-refractivity contribution >= 4 is 11.7 Å². The van der Waals surface area contributed by atoms with Gasteiger partial charge in [0.2, 0.25) is 0 Å². The van der Waals surface area contributed by atoms with Crippen molar-refractivity contribution in [1.29, 1.82) is 0 Å². The highest BCUT2D eigenvalue weighted by Crippen LogP contribution is 2.27. The van der Waals surface area contributed by atoms with Gasteiger partial charge in [0.05, 0.1) is 17.2 Å². The second-order valence-corrected chi connectivity index (χ2v) is 5.20. The van der Waals surface area contributed by atoms with Crippen molar-refractivity contribution in [3.8, 4) is 16.8 Å². The summed E-state index contributed by atoms with van der Waals surface area (Å²) in [6.07, 6.45) is 1.71. The summed E-state index contributed by atoms with van der Waals surface area (Å²) in [6.45, 7) is 1.95. The molecular formula is C18H15N3O4. The first kappa shape index (κ1) is 16.4. The third kappa shape index (κ3) is 3.40. The molecule has 7 heteroatoms. The van der Waals surface area contributed by atoms with E-state index in [9.17, 15) is 14.9 Å². The van der Waals surface area contributed by atoms with Gasteiger partial charge >= 0.3 is 5.97 Å². The molecule has 3 rings (SSSR count). The number of ether oxygens (including phenoxy) is 1. The third-order valence-corrected chi connectivity index (χ3v) is 3.59. The summed E-state index contributed by atoms with van der Waals surface area (Å²) in [4.78, 5) is 22.6. The van der Waals surface area contributed by atoms with E-state index in [1.165, 1.54) is 12.1 Å². The Morgan fingerprint density at radius 2 is 1.84 bits per heavy atom. The van der Waals surface area contributed by atoms with Gasteiger partial charge in [-0.1, -0.05) is 18.2 Å². The van der Waals surface area contributed by atoms with E-state index in [0.29, 0.717) is 11.1 Å². The zero-order valence-electron chi connectivity index (χ0n) is 13.5. The van der Waals surface area contributed by atoms with Crippen LogP contribution in [-0.4, -0.2) is 27.3 Å². The molecule has 7 nitrogen and oxygen atoms in total. The number of esters is 1. The molecule has 0 radical (unpaired) electrons. The number of nitrogens with zero attached hydrogens (tertiary/aromatic N) is 3. The van der Waals surface area contributed by atoms with Gasteiger partial charge in [0.15, 0.2) is 5.69 Å². The van der Waals surface area contributed by atoms with Crippen LogP contribution in [0.1, 0.15) is 17.4 Å². The van der Waals surface area contributed by atoms with Gasteiger partial charge in [-0.05, 0) is 36.8 Å². The van der Waals surface area contributed by atoms with Gasteiger partial charge in [-0.15, -0.1) is 0 Å². The fourth-order valence-electron chi connectivity index (χ4n) is 2.41. The van der Waals surface area contributed by atoms with Crippen LogP contribution in [0.4, 0.5) is 5.69 Å². The number of hydrogen-bond donors (Lipinski definition) is 0. The number of para-hydroxylation sites is 1. The van der Waals surface area contributed by atoms with Crippen LogP contribution in [0.25, 0.3) is 16.8 Å². The van der Waals surface area contributed by atoms with Crippen molar-refractivity contribution in [2.24, 2.45) is 0 Å². The summed E-state index contributed by atoms with van der Waals surface area (Å²) in [5.41, 5.74) is 2.14. The predicted molar refractivity (Wildman–Crippen MR) is 91.6 cm³/mol. The quantitative estimate of drug-likeness (QED) is 0.403. The van der Waals surface area contributed by atoms with Crippen LogP contribution in [-0.2, 0) is 4.74 Å². The Bertz CT molecular complexity index is 902. The van der Waals surface area contributed by atoms with Crippen LogP contribution in [0.15, 0.2) is 60.8 Å². The van der Waals surface area contributed by atoms with Crippen LogP contribution in [0, 0.1) is 10.1 Å². The van der Waals surface area contributed by atoms with Gasteiger partial charge in [-0.2, -0.15) is 5.10 Å². The number of rotatable bonds is 5.